The summed E-state index contributed by atoms with van der Waals surface area (Å²) in [6.45, 7) is 20.7. The highest BCUT2D eigenvalue weighted by Gasteiger charge is 2.29. The number of allylic oxidation sites excluding steroid dienone is 2. The smallest absolute Gasteiger partial charge is 0.108 e. The SMILES string of the molecule is C=C=N/C(C)=C(/N=C(CC)C(=C)NC1CCNCC1)C(=C)N1c2ccccc2C[C@@H]1C. The van der Waals surface area contributed by atoms with E-state index in [-0.39, 0.29) is 0 Å². The molecule has 1 fully saturated rings. The van der Waals surface area contributed by atoms with E-state index in [1.165, 1.54) is 11.3 Å². The van der Waals surface area contributed by atoms with Crippen molar-refractivity contribution in [1.82, 2.24) is 10.6 Å². The highest BCUT2D eigenvalue weighted by molar-refractivity contribution is 6.00. The molecule has 0 unspecified atom stereocenters. The molecule has 0 bridgehead atoms. The maximum Gasteiger partial charge on any atom is 0.108 e. The fourth-order valence-corrected chi connectivity index (χ4v) is 4.41. The molecule has 5 heteroatoms. The summed E-state index contributed by atoms with van der Waals surface area (Å²) in [6.07, 6.45) is 3.94. The lowest BCUT2D eigenvalue weighted by Crippen LogP contribution is -2.40. The van der Waals surface area contributed by atoms with Crippen molar-refractivity contribution in [3.8, 4) is 0 Å². The van der Waals surface area contributed by atoms with Crippen LogP contribution in [0.2, 0.25) is 0 Å². The summed E-state index contributed by atoms with van der Waals surface area (Å²) < 4.78 is 0. The van der Waals surface area contributed by atoms with E-state index in [2.05, 4.69) is 84.2 Å². The lowest BCUT2D eigenvalue weighted by Gasteiger charge is -2.29. The Balaban J connectivity index is 1.93. The molecule has 0 saturated carbocycles. The summed E-state index contributed by atoms with van der Waals surface area (Å²) in [6, 6.07) is 9.22. The van der Waals surface area contributed by atoms with Gasteiger partial charge in [-0.2, -0.15) is 0 Å². The number of nitrogens with one attached hydrogen (secondary N) is 2. The minimum absolute atomic E-state index is 0.303. The van der Waals surface area contributed by atoms with E-state index in [0.717, 1.165) is 67.3 Å². The first-order valence-corrected chi connectivity index (χ1v) is 11.2. The number of nitrogens with zero attached hydrogens (tertiary/aromatic N) is 3. The van der Waals surface area contributed by atoms with Gasteiger partial charge >= 0.3 is 0 Å². The lowest BCUT2D eigenvalue weighted by molar-refractivity contribution is 0.416. The van der Waals surface area contributed by atoms with Crippen molar-refractivity contribution in [3.63, 3.8) is 0 Å². The summed E-state index contributed by atoms with van der Waals surface area (Å²) in [5.41, 5.74) is 6.67. The van der Waals surface area contributed by atoms with Crippen LogP contribution in [-0.2, 0) is 6.42 Å². The van der Waals surface area contributed by atoms with Crippen LogP contribution in [-0.4, -0.2) is 36.8 Å². The zero-order valence-electron chi connectivity index (χ0n) is 19.2. The summed E-state index contributed by atoms with van der Waals surface area (Å²) in [5, 5.41) is 6.99. The topological polar surface area (TPSA) is 52.0 Å². The van der Waals surface area contributed by atoms with Crippen LogP contribution in [0.3, 0.4) is 0 Å². The van der Waals surface area contributed by atoms with Gasteiger partial charge in [-0.25, -0.2) is 9.98 Å². The van der Waals surface area contributed by atoms with E-state index in [4.69, 9.17) is 4.99 Å². The van der Waals surface area contributed by atoms with Gasteiger partial charge < -0.3 is 15.5 Å². The fourth-order valence-electron chi connectivity index (χ4n) is 4.41. The lowest BCUT2D eigenvalue weighted by atomic mass is 10.1. The average Bonchev–Trinajstić information content (AvgIpc) is 3.10. The molecule has 2 N–H and O–H groups in total. The zero-order chi connectivity index (χ0) is 22.4. The molecule has 0 spiro atoms. The van der Waals surface area contributed by atoms with Gasteiger partial charge in [0.25, 0.3) is 0 Å². The van der Waals surface area contributed by atoms with Gasteiger partial charge in [0, 0.05) is 23.5 Å². The second kappa shape index (κ2) is 10.4. The minimum atomic E-state index is 0.303. The van der Waals surface area contributed by atoms with Crippen LogP contribution in [0.15, 0.2) is 76.8 Å². The number of anilines is 1. The van der Waals surface area contributed by atoms with Crippen LogP contribution in [0.5, 0.6) is 0 Å². The molecule has 2 heterocycles. The third-order valence-corrected chi connectivity index (χ3v) is 6.01. The van der Waals surface area contributed by atoms with Crippen molar-refractivity contribution in [1.29, 1.82) is 0 Å². The largest absolute Gasteiger partial charge is 0.381 e. The molecular formula is C26H35N5. The van der Waals surface area contributed by atoms with Crippen LogP contribution >= 0.6 is 0 Å². The van der Waals surface area contributed by atoms with Gasteiger partial charge in [-0.1, -0.05) is 38.3 Å². The molecule has 5 nitrogen and oxygen atoms in total. The standard InChI is InChI=1S/C26H35N5/c1-7-24(19(4)29-23-13-15-27-16-14-23)30-26(20(5)28-8-2)21(6)31-18(3)17-22-11-9-10-12-25(22)31/h9-12,18,23,27,29H,2,4,6-7,13-17H2,1,3,5H3/b26-20+,30-24?/t18-/m0/s1. The number of benzene rings is 1. The van der Waals surface area contributed by atoms with Crippen molar-refractivity contribution in [2.24, 2.45) is 9.98 Å². The molecule has 1 saturated heterocycles. The first kappa shape index (κ1) is 22.8. The Morgan fingerprint density at radius 3 is 2.65 bits per heavy atom. The summed E-state index contributed by atoms with van der Waals surface area (Å²) >= 11 is 0. The Morgan fingerprint density at radius 2 is 1.97 bits per heavy atom. The van der Waals surface area contributed by atoms with Gasteiger partial charge in [0.15, 0.2) is 0 Å². The average molecular weight is 418 g/mol. The van der Waals surface area contributed by atoms with E-state index in [1.54, 1.807) is 0 Å². The van der Waals surface area contributed by atoms with Crippen molar-refractivity contribution in [3.05, 3.63) is 72.4 Å². The molecule has 0 amide bonds. The quantitative estimate of drug-likeness (QED) is 0.474. The number of rotatable bonds is 8. The number of hydrogen-bond donors (Lipinski definition) is 2. The normalized spacial score (nSPS) is 19.9. The second-order valence-corrected chi connectivity index (χ2v) is 8.26. The molecule has 0 radical (unpaired) electrons. The fraction of sp³-hybridized carbons (Fsp3) is 0.423. The van der Waals surface area contributed by atoms with Crippen LogP contribution in [0.4, 0.5) is 5.69 Å². The number of hydrogen-bond acceptors (Lipinski definition) is 5. The van der Waals surface area contributed by atoms with Crippen LogP contribution < -0.4 is 15.5 Å². The second-order valence-electron chi connectivity index (χ2n) is 8.26. The van der Waals surface area contributed by atoms with E-state index >= 15 is 0 Å². The van der Waals surface area contributed by atoms with Crippen LogP contribution in [0, 0.1) is 0 Å². The van der Waals surface area contributed by atoms with E-state index < -0.39 is 0 Å². The molecular weight excluding hydrogens is 382 g/mol. The maximum atomic E-state index is 5.05. The molecule has 3 rings (SSSR count). The van der Waals surface area contributed by atoms with Gasteiger partial charge in [-0.15, -0.1) is 0 Å². The molecule has 1 aromatic rings. The first-order chi connectivity index (χ1) is 15.0. The molecule has 164 valence electrons. The molecule has 31 heavy (non-hydrogen) atoms. The Labute approximate surface area is 187 Å². The number of para-hydroxylation sites is 1. The molecule has 1 aromatic carbocycles. The van der Waals surface area contributed by atoms with Crippen LogP contribution in [0.1, 0.15) is 45.6 Å². The highest BCUT2D eigenvalue weighted by Crippen LogP contribution is 2.37. The van der Waals surface area contributed by atoms with Gasteiger partial charge in [0.05, 0.1) is 17.1 Å². The Kier molecular flexibility index (Phi) is 7.67. The van der Waals surface area contributed by atoms with Crippen molar-refractivity contribution in [2.45, 2.75) is 58.5 Å². The molecule has 1 atom stereocenters. The maximum absolute atomic E-state index is 5.05. The van der Waals surface area contributed by atoms with E-state index in [1.807, 2.05) is 6.92 Å². The van der Waals surface area contributed by atoms with Gasteiger partial charge in [-0.05, 0) is 76.7 Å². The summed E-state index contributed by atoms with van der Waals surface area (Å²) in [4.78, 5) is 11.6. The highest BCUT2D eigenvalue weighted by atomic mass is 15.2. The number of piperidine rings is 1. The van der Waals surface area contributed by atoms with Gasteiger partial charge in [0.2, 0.25) is 0 Å². The first-order valence-electron chi connectivity index (χ1n) is 11.2. The van der Waals surface area contributed by atoms with Crippen LogP contribution in [0.25, 0.3) is 0 Å². The minimum Gasteiger partial charge on any atom is -0.381 e. The molecule has 0 aromatic heterocycles. The third-order valence-electron chi connectivity index (χ3n) is 6.01. The van der Waals surface area contributed by atoms with Crippen molar-refractivity contribution >= 4 is 17.3 Å². The predicted molar refractivity (Wildman–Crippen MR) is 133 cm³/mol. The molecule has 2 aliphatic heterocycles. The van der Waals surface area contributed by atoms with E-state index in [9.17, 15) is 0 Å². The number of fused-ring (bicyclic) bond motifs is 1. The monoisotopic (exact) mass is 417 g/mol. The Morgan fingerprint density at radius 1 is 1.26 bits per heavy atom. The number of aliphatic imine (C=N–C) groups is 2. The van der Waals surface area contributed by atoms with Gasteiger partial charge in [0.1, 0.15) is 5.70 Å². The summed E-state index contributed by atoms with van der Waals surface area (Å²) in [7, 11) is 0. The Hall–Kier alpha value is -2.88. The predicted octanol–water partition coefficient (Wildman–Crippen LogP) is 4.74. The summed E-state index contributed by atoms with van der Waals surface area (Å²) in [5.74, 6) is 2.65. The van der Waals surface area contributed by atoms with Crippen molar-refractivity contribution in [2.75, 3.05) is 18.0 Å². The third kappa shape index (κ3) is 5.25. The Bertz CT molecular complexity index is 942. The van der Waals surface area contributed by atoms with Gasteiger partial charge in [-0.3, -0.25) is 0 Å². The molecule has 2 aliphatic rings. The molecule has 0 aliphatic carbocycles. The zero-order valence-corrected chi connectivity index (χ0v) is 19.2. The van der Waals surface area contributed by atoms with Crippen molar-refractivity contribution < 1.29 is 0 Å². The van der Waals surface area contributed by atoms with E-state index in [0.29, 0.717) is 12.1 Å².